The maximum absolute atomic E-state index is 11.9. The molecule has 4 heteroatoms. The molecule has 0 aliphatic rings. The van der Waals surface area contributed by atoms with Crippen molar-refractivity contribution in [3.8, 4) is 0 Å². The maximum atomic E-state index is 11.9. The summed E-state index contributed by atoms with van der Waals surface area (Å²) in [5.74, 6) is -0.980. The van der Waals surface area contributed by atoms with E-state index in [1.807, 2.05) is 0 Å². The number of amides is 1. The number of hydrogen-bond acceptors (Lipinski definition) is 2. The molecule has 0 bridgehead atoms. The number of carboxylic acids is 1. The van der Waals surface area contributed by atoms with Gasteiger partial charge in [0.1, 0.15) is 0 Å². The largest absolute Gasteiger partial charge is 0.478 e. The minimum atomic E-state index is -0.965. The van der Waals surface area contributed by atoms with E-state index in [9.17, 15) is 9.59 Å². The summed E-state index contributed by atoms with van der Waals surface area (Å²) in [6, 6.07) is 6.24. The predicted octanol–water partition coefficient (Wildman–Crippen LogP) is 7.14. The molecule has 0 radical (unpaired) electrons. The molecule has 1 aromatic rings. The van der Waals surface area contributed by atoms with E-state index in [1.54, 1.807) is 12.1 Å². The molecule has 0 aliphatic carbocycles. The average Bonchev–Trinajstić information content (AvgIpc) is 2.71. The van der Waals surface area contributed by atoms with Crippen LogP contribution >= 0.6 is 0 Å². The van der Waals surface area contributed by atoms with Gasteiger partial charge in [-0.05, 0) is 62.8 Å². The van der Waals surface area contributed by atoms with Crippen molar-refractivity contribution in [1.29, 1.82) is 0 Å². The molecule has 0 heterocycles. The topological polar surface area (TPSA) is 66.4 Å². The Balaban J connectivity index is 1.96. The molecule has 1 rings (SSSR count). The lowest BCUT2D eigenvalue weighted by Gasteiger charge is -2.05. The number of carbonyl (C=O) groups excluding carboxylic acids is 1. The third-order valence-electron chi connectivity index (χ3n) is 4.77. The first kappa shape index (κ1) is 24.7. The number of nitrogens with one attached hydrogen (secondary N) is 1. The molecule has 0 atom stereocenters. The normalized spacial score (nSPS) is 11.3. The van der Waals surface area contributed by atoms with Crippen molar-refractivity contribution < 1.29 is 14.7 Å². The van der Waals surface area contributed by atoms with Gasteiger partial charge in [-0.3, -0.25) is 4.79 Å². The zero-order valence-corrected chi connectivity index (χ0v) is 17.9. The molecule has 0 aliphatic heterocycles. The highest BCUT2D eigenvalue weighted by atomic mass is 16.4. The first-order valence-corrected chi connectivity index (χ1v) is 11.1. The molecule has 4 nitrogen and oxygen atoms in total. The van der Waals surface area contributed by atoms with Crippen molar-refractivity contribution in [3.05, 3.63) is 54.1 Å². The summed E-state index contributed by atoms with van der Waals surface area (Å²) in [5, 5.41) is 11.7. The van der Waals surface area contributed by atoms with Crippen LogP contribution in [0.1, 0.15) is 94.3 Å². The number of unbranched alkanes of at least 4 members (excludes halogenated alkanes) is 8. The summed E-state index contributed by atoms with van der Waals surface area (Å²) in [7, 11) is 0. The summed E-state index contributed by atoms with van der Waals surface area (Å²) in [4.78, 5) is 22.7. The highest BCUT2D eigenvalue weighted by Gasteiger charge is 2.04. The fourth-order valence-electron chi connectivity index (χ4n) is 3.02. The second kappa shape index (κ2) is 16.6. The fourth-order valence-corrected chi connectivity index (χ4v) is 3.02. The summed E-state index contributed by atoms with van der Waals surface area (Å²) in [6.45, 7) is 2.23. The summed E-state index contributed by atoms with van der Waals surface area (Å²) in [6.07, 6.45) is 22.4. The molecule has 1 amide bonds. The van der Waals surface area contributed by atoms with Gasteiger partial charge < -0.3 is 10.4 Å². The van der Waals surface area contributed by atoms with Crippen molar-refractivity contribution in [2.24, 2.45) is 0 Å². The van der Waals surface area contributed by atoms with Crippen LogP contribution in [-0.2, 0) is 4.79 Å². The lowest BCUT2D eigenvalue weighted by Crippen LogP contribution is -2.11. The fraction of sp³-hybridized carbons (Fsp3) is 0.520. The Morgan fingerprint density at radius 2 is 1.41 bits per heavy atom. The third kappa shape index (κ3) is 13.4. The van der Waals surface area contributed by atoms with Gasteiger partial charge in [0.2, 0.25) is 5.91 Å². The molecular weight excluding hydrogens is 362 g/mol. The molecule has 29 heavy (non-hydrogen) atoms. The van der Waals surface area contributed by atoms with E-state index >= 15 is 0 Å². The first-order chi connectivity index (χ1) is 14.1. The van der Waals surface area contributed by atoms with Gasteiger partial charge in [0.05, 0.1) is 5.56 Å². The number of anilines is 1. The third-order valence-corrected chi connectivity index (χ3v) is 4.77. The number of hydrogen-bond donors (Lipinski definition) is 2. The van der Waals surface area contributed by atoms with E-state index in [0.717, 1.165) is 32.1 Å². The predicted molar refractivity (Wildman–Crippen MR) is 121 cm³/mol. The second-order valence-electron chi connectivity index (χ2n) is 7.41. The van der Waals surface area contributed by atoms with Crippen LogP contribution in [0, 0.1) is 0 Å². The van der Waals surface area contributed by atoms with Crippen LogP contribution in [0.3, 0.4) is 0 Å². The van der Waals surface area contributed by atoms with Gasteiger partial charge in [-0.2, -0.15) is 0 Å². The maximum Gasteiger partial charge on any atom is 0.335 e. The van der Waals surface area contributed by atoms with Crippen LogP contribution in [0.5, 0.6) is 0 Å². The van der Waals surface area contributed by atoms with Crippen LogP contribution < -0.4 is 5.32 Å². The van der Waals surface area contributed by atoms with Crippen molar-refractivity contribution in [2.45, 2.75) is 84.0 Å². The molecular formula is C25H37NO3. The van der Waals surface area contributed by atoms with Crippen molar-refractivity contribution in [2.75, 3.05) is 5.32 Å². The first-order valence-electron chi connectivity index (χ1n) is 11.1. The van der Waals surface area contributed by atoms with Gasteiger partial charge in [0, 0.05) is 12.1 Å². The van der Waals surface area contributed by atoms with E-state index in [1.165, 1.54) is 50.7 Å². The number of allylic oxidation sites excluding steroid dienone is 4. The standard InChI is InChI=1S/C25H37NO3/c1-2-3-4-5-6-7-8-9-10-11-12-13-14-15-16-17-24(27)26-23-20-18-22(19-21-23)25(28)29/h6-7,9-10,18-21H,2-5,8,11-17H2,1H3,(H,26,27)(H,28,29)/b7-6-,10-9-. The Hall–Kier alpha value is -2.36. The van der Waals surface area contributed by atoms with Gasteiger partial charge in [0.15, 0.2) is 0 Å². The Kier molecular flexibility index (Phi) is 14.1. The van der Waals surface area contributed by atoms with Gasteiger partial charge in [-0.25, -0.2) is 4.79 Å². The zero-order valence-electron chi connectivity index (χ0n) is 17.9. The lowest BCUT2D eigenvalue weighted by molar-refractivity contribution is -0.116. The summed E-state index contributed by atoms with van der Waals surface area (Å²) in [5.41, 5.74) is 0.860. The quantitative estimate of drug-likeness (QED) is 0.229. The van der Waals surface area contributed by atoms with Crippen molar-refractivity contribution in [1.82, 2.24) is 0 Å². The monoisotopic (exact) mass is 399 g/mol. The second-order valence-corrected chi connectivity index (χ2v) is 7.41. The minimum Gasteiger partial charge on any atom is -0.478 e. The SMILES string of the molecule is CCCCC/C=C\C/C=C\CCCCCCCC(=O)Nc1ccc(C(=O)O)cc1. The smallest absolute Gasteiger partial charge is 0.335 e. The van der Waals surface area contributed by atoms with Crippen LogP contribution in [0.2, 0.25) is 0 Å². The Labute approximate surface area is 176 Å². The summed E-state index contributed by atoms with van der Waals surface area (Å²) >= 11 is 0. The van der Waals surface area contributed by atoms with Gasteiger partial charge in [-0.15, -0.1) is 0 Å². The number of rotatable bonds is 16. The lowest BCUT2D eigenvalue weighted by atomic mass is 10.1. The number of carboxylic acid groups (broad SMARTS) is 1. The molecule has 0 spiro atoms. The molecule has 2 N–H and O–H groups in total. The van der Waals surface area contributed by atoms with E-state index in [0.29, 0.717) is 12.1 Å². The van der Waals surface area contributed by atoms with E-state index in [-0.39, 0.29) is 11.5 Å². The van der Waals surface area contributed by atoms with Crippen molar-refractivity contribution in [3.63, 3.8) is 0 Å². The van der Waals surface area contributed by atoms with Gasteiger partial charge in [0.25, 0.3) is 0 Å². The van der Waals surface area contributed by atoms with Crippen molar-refractivity contribution >= 4 is 17.6 Å². The zero-order chi connectivity index (χ0) is 21.2. The van der Waals surface area contributed by atoms with Crippen LogP contribution in [0.25, 0.3) is 0 Å². The Bertz CT molecular complexity index is 632. The molecule has 0 fully saturated rings. The van der Waals surface area contributed by atoms with Crippen LogP contribution in [0.4, 0.5) is 5.69 Å². The molecule has 1 aromatic carbocycles. The molecule has 0 unspecified atom stereocenters. The number of benzene rings is 1. The highest BCUT2D eigenvalue weighted by molar-refractivity contribution is 5.92. The Morgan fingerprint density at radius 3 is 2.03 bits per heavy atom. The number of carbonyl (C=O) groups is 2. The molecule has 160 valence electrons. The van der Waals surface area contributed by atoms with E-state index < -0.39 is 5.97 Å². The van der Waals surface area contributed by atoms with Gasteiger partial charge in [-0.1, -0.05) is 63.3 Å². The molecule has 0 saturated heterocycles. The Morgan fingerprint density at radius 1 is 0.828 bits per heavy atom. The average molecular weight is 400 g/mol. The van der Waals surface area contributed by atoms with Crippen LogP contribution in [-0.4, -0.2) is 17.0 Å². The van der Waals surface area contributed by atoms with E-state index in [4.69, 9.17) is 5.11 Å². The van der Waals surface area contributed by atoms with E-state index in [2.05, 4.69) is 36.5 Å². The van der Waals surface area contributed by atoms with Gasteiger partial charge >= 0.3 is 5.97 Å². The molecule has 0 saturated carbocycles. The van der Waals surface area contributed by atoms with Crippen LogP contribution in [0.15, 0.2) is 48.6 Å². The molecule has 0 aromatic heterocycles. The highest BCUT2D eigenvalue weighted by Crippen LogP contribution is 2.12. The minimum absolute atomic E-state index is 0.0150. The summed E-state index contributed by atoms with van der Waals surface area (Å²) < 4.78 is 0. The number of aromatic carboxylic acids is 1.